The summed E-state index contributed by atoms with van der Waals surface area (Å²) in [5.74, 6) is -0.769. The Bertz CT molecular complexity index is 512. The summed E-state index contributed by atoms with van der Waals surface area (Å²) in [5.41, 5.74) is 0.865. The number of fused-ring (bicyclic) bond motifs is 1. The van der Waals surface area contributed by atoms with Gasteiger partial charge < -0.3 is 14.6 Å². The van der Waals surface area contributed by atoms with Gasteiger partial charge in [0.15, 0.2) is 17.8 Å². The first kappa shape index (κ1) is 12.7. The second-order valence-electron chi connectivity index (χ2n) is 4.06. The summed E-state index contributed by atoms with van der Waals surface area (Å²) >= 11 is 5.96. The number of carboxylic acids is 1. The van der Waals surface area contributed by atoms with Gasteiger partial charge in [-0.3, -0.25) is 9.59 Å². The first-order chi connectivity index (χ1) is 8.54. The van der Waals surface area contributed by atoms with Crippen LogP contribution in [-0.4, -0.2) is 24.2 Å². The van der Waals surface area contributed by atoms with Gasteiger partial charge in [-0.05, 0) is 12.5 Å². The maximum atomic E-state index is 10.9. The highest BCUT2D eigenvalue weighted by atomic mass is 35.5. The SMILES string of the molecule is CC(Cc1cc(Cl)c(C=O)c2c1OCO2)C(=O)O. The molecule has 0 saturated heterocycles. The van der Waals surface area contributed by atoms with Gasteiger partial charge in [0.25, 0.3) is 0 Å². The van der Waals surface area contributed by atoms with E-state index in [-0.39, 0.29) is 23.8 Å². The fourth-order valence-electron chi connectivity index (χ4n) is 1.80. The number of benzene rings is 1. The molecular formula is C12H11ClO5. The highest BCUT2D eigenvalue weighted by Crippen LogP contribution is 2.42. The molecule has 0 saturated carbocycles. The van der Waals surface area contributed by atoms with Crippen LogP contribution in [0.3, 0.4) is 0 Å². The van der Waals surface area contributed by atoms with Crippen molar-refractivity contribution < 1.29 is 24.2 Å². The first-order valence-electron chi connectivity index (χ1n) is 5.33. The van der Waals surface area contributed by atoms with E-state index in [1.807, 2.05) is 0 Å². The number of aldehydes is 1. The highest BCUT2D eigenvalue weighted by Gasteiger charge is 2.26. The standard InChI is InChI=1S/C12H11ClO5/c1-6(12(15)16)2-7-3-9(13)8(4-14)11-10(7)17-5-18-11/h3-4,6H,2,5H2,1H3,(H,15,16). The van der Waals surface area contributed by atoms with Gasteiger partial charge in [0.2, 0.25) is 6.79 Å². The summed E-state index contributed by atoms with van der Waals surface area (Å²) in [5, 5.41) is 9.14. The van der Waals surface area contributed by atoms with Crippen molar-refractivity contribution in [2.24, 2.45) is 5.92 Å². The van der Waals surface area contributed by atoms with Crippen molar-refractivity contribution in [2.75, 3.05) is 6.79 Å². The fraction of sp³-hybridized carbons (Fsp3) is 0.333. The van der Waals surface area contributed by atoms with Crippen LogP contribution in [-0.2, 0) is 11.2 Å². The van der Waals surface area contributed by atoms with E-state index in [1.54, 1.807) is 13.0 Å². The predicted octanol–water partition coefficient (Wildman–Crippen LogP) is 2.14. The number of carbonyl (C=O) groups excluding carboxylic acids is 1. The maximum Gasteiger partial charge on any atom is 0.306 e. The Labute approximate surface area is 108 Å². The molecule has 0 spiro atoms. The third kappa shape index (κ3) is 2.13. The number of hydrogen-bond acceptors (Lipinski definition) is 4. The monoisotopic (exact) mass is 270 g/mol. The molecule has 0 bridgehead atoms. The van der Waals surface area contributed by atoms with Crippen LogP contribution in [0.2, 0.25) is 5.02 Å². The number of rotatable bonds is 4. The Morgan fingerprint density at radius 1 is 1.56 bits per heavy atom. The number of halogens is 1. The van der Waals surface area contributed by atoms with E-state index in [0.29, 0.717) is 23.3 Å². The van der Waals surface area contributed by atoms with Crippen molar-refractivity contribution in [1.29, 1.82) is 0 Å². The zero-order valence-corrected chi connectivity index (χ0v) is 10.4. The van der Waals surface area contributed by atoms with E-state index in [2.05, 4.69) is 0 Å². The Hall–Kier alpha value is -1.75. The van der Waals surface area contributed by atoms with Crippen LogP contribution >= 0.6 is 11.6 Å². The molecule has 1 aliphatic heterocycles. The van der Waals surface area contributed by atoms with E-state index in [1.165, 1.54) is 0 Å². The van der Waals surface area contributed by atoms with E-state index in [4.69, 9.17) is 26.2 Å². The Balaban J connectivity index is 2.44. The molecule has 2 rings (SSSR count). The number of ether oxygens (including phenoxy) is 2. The molecule has 96 valence electrons. The second-order valence-corrected chi connectivity index (χ2v) is 4.46. The van der Waals surface area contributed by atoms with Gasteiger partial charge in [-0.15, -0.1) is 0 Å². The highest BCUT2D eigenvalue weighted by molar-refractivity contribution is 6.33. The summed E-state index contributed by atoms with van der Waals surface area (Å²) in [7, 11) is 0. The summed E-state index contributed by atoms with van der Waals surface area (Å²) in [6.07, 6.45) is 0.861. The molecule has 0 aromatic heterocycles. The van der Waals surface area contributed by atoms with E-state index in [9.17, 15) is 9.59 Å². The molecule has 0 aliphatic carbocycles. The summed E-state index contributed by atoms with van der Waals surface area (Å²) in [4.78, 5) is 21.8. The lowest BCUT2D eigenvalue weighted by Gasteiger charge is -2.11. The van der Waals surface area contributed by atoms with Gasteiger partial charge in [-0.2, -0.15) is 0 Å². The van der Waals surface area contributed by atoms with Gasteiger partial charge in [-0.25, -0.2) is 0 Å². The molecule has 1 atom stereocenters. The van der Waals surface area contributed by atoms with E-state index in [0.717, 1.165) is 0 Å². The van der Waals surface area contributed by atoms with Crippen LogP contribution in [0.15, 0.2) is 6.07 Å². The molecule has 1 aliphatic rings. The van der Waals surface area contributed by atoms with Crippen LogP contribution in [0.4, 0.5) is 0 Å². The molecule has 0 radical (unpaired) electrons. The summed E-state index contributed by atoms with van der Waals surface area (Å²) < 4.78 is 10.5. The number of carboxylic acid groups (broad SMARTS) is 1. The topological polar surface area (TPSA) is 72.8 Å². The molecule has 1 N–H and O–H groups in total. The molecular weight excluding hydrogens is 260 g/mol. The lowest BCUT2D eigenvalue weighted by molar-refractivity contribution is -0.141. The van der Waals surface area contributed by atoms with Crippen molar-refractivity contribution >= 4 is 23.9 Å². The van der Waals surface area contributed by atoms with Crippen LogP contribution in [0.5, 0.6) is 11.5 Å². The van der Waals surface area contributed by atoms with Crippen LogP contribution in [0.1, 0.15) is 22.8 Å². The molecule has 1 unspecified atom stereocenters. The van der Waals surface area contributed by atoms with Crippen molar-refractivity contribution in [3.05, 3.63) is 22.2 Å². The van der Waals surface area contributed by atoms with E-state index < -0.39 is 11.9 Å². The van der Waals surface area contributed by atoms with Crippen LogP contribution in [0.25, 0.3) is 0 Å². The molecule has 1 aromatic carbocycles. The third-order valence-electron chi connectivity index (χ3n) is 2.77. The molecule has 18 heavy (non-hydrogen) atoms. The molecule has 6 heteroatoms. The minimum absolute atomic E-state index is 0.00493. The predicted molar refractivity (Wildman–Crippen MR) is 63.5 cm³/mol. The Morgan fingerprint density at radius 3 is 2.83 bits per heavy atom. The average Bonchev–Trinajstić information content (AvgIpc) is 2.78. The molecule has 1 aromatic rings. The molecule has 0 amide bonds. The van der Waals surface area contributed by atoms with Gasteiger partial charge in [0, 0.05) is 5.56 Å². The third-order valence-corrected chi connectivity index (χ3v) is 3.09. The number of carbonyl (C=O) groups is 2. The Morgan fingerprint density at radius 2 is 2.22 bits per heavy atom. The van der Waals surface area contributed by atoms with Gasteiger partial charge >= 0.3 is 5.97 Å². The van der Waals surface area contributed by atoms with E-state index >= 15 is 0 Å². The van der Waals surface area contributed by atoms with Crippen molar-refractivity contribution in [3.8, 4) is 11.5 Å². The first-order valence-corrected chi connectivity index (χ1v) is 5.71. The number of hydrogen-bond donors (Lipinski definition) is 1. The zero-order chi connectivity index (χ0) is 13.3. The Kier molecular flexibility index (Phi) is 3.43. The molecule has 1 heterocycles. The second kappa shape index (κ2) is 4.86. The lowest BCUT2D eigenvalue weighted by atomic mass is 9.98. The minimum atomic E-state index is -0.904. The zero-order valence-electron chi connectivity index (χ0n) is 9.60. The lowest BCUT2D eigenvalue weighted by Crippen LogP contribution is -2.12. The van der Waals surface area contributed by atoms with Crippen molar-refractivity contribution in [3.63, 3.8) is 0 Å². The minimum Gasteiger partial charge on any atom is -0.481 e. The maximum absolute atomic E-state index is 10.9. The van der Waals surface area contributed by atoms with Gasteiger partial charge in [-0.1, -0.05) is 18.5 Å². The molecule has 5 nitrogen and oxygen atoms in total. The normalized spacial score (nSPS) is 14.3. The van der Waals surface area contributed by atoms with Gasteiger partial charge in [0.1, 0.15) is 0 Å². The van der Waals surface area contributed by atoms with Gasteiger partial charge in [0.05, 0.1) is 16.5 Å². The van der Waals surface area contributed by atoms with Crippen molar-refractivity contribution in [2.45, 2.75) is 13.3 Å². The smallest absolute Gasteiger partial charge is 0.306 e. The number of aliphatic carboxylic acids is 1. The fourth-order valence-corrected chi connectivity index (χ4v) is 2.06. The summed E-state index contributed by atoms with van der Waals surface area (Å²) in [6.45, 7) is 1.59. The van der Waals surface area contributed by atoms with Crippen molar-refractivity contribution in [1.82, 2.24) is 0 Å². The van der Waals surface area contributed by atoms with Crippen LogP contribution < -0.4 is 9.47 Å². The largest absolute Gasteiger partial charge is 0.481 e. The quantitative estimate of drug-likeness (QED) is 0.849. The average molecular weight is 271 g/mol. The molecule has 0 fully saturated rings. The summed E-state index contributed by atoms with van der Waals surface area (Å²) in [6, 6.07) is 1.55. The van der Waals surface area contributed by atoms with Crippen LogP contribution in [0, 0.1) is 5.92 Å².